The molecule has 0 aromatic carbocycles. The van der Waals surface area contributed by atoms with E-state index in [1.54, 1.807) is 6.33 Å². The maximum atomic E-state index is 4.25. The highest BCUT2D eigenvalue weighted by Gasteiger charge is 2.05. The molecule has 0 aliphatic carbocycles. The molecule has 0 radical (unpaired) electrons. The van der Waals surface area contributed by atoms with E-state index in [2.05, 4.69) is 34.3 Å². The minimum Gasteiger partial charge on any atom is -0.314 e. The Morgan fingerprint density at radius 2 is 2.19 bits per heavy atom. The summed E-state index contributed by atoms with van der Waals surface area (Å²) >= 11 is 0. The van der Waals surface area contributed by atoms with Crippen LogP contribution in [0.3, 0.4) is 0 Å². The van der Waals surface area contributed by atoms with Gasteiger partial charge in [-0.25, -0.2) is 4.98 Å². The summed E-state index contributed by atoms with van der Waals surface area (Å²) in [5.74, 6) is 0.954. The zero-order valence-electron chi connectivity index (χ0n) is 9.94. The van der Waals surface area contributed by atoms with Crippen molar-refractivity contribution in [2.24, 2.45) is 0 Å². The van der Waals surface area contributed by atoms with Gasteiger partial charge in [-0.3, -0.25) is 4.40 Å². The Morgan fingerprint density at radius 3 is 2.94 bits per heavy atom. The highest BCUT2D eigenvalue weighted by atomic mass is 15.3. The number of hydrogen-bond acceptors (Lipinski definition) is 4. The van der Waals surface area contributed by atoms with Crippen LogP contribution in [0.25, 0.3) is 5.65 Å². The summed E-state index contributed by atoms with van der Waals surface area (Å²) in [6.07, 6.45) is 2.65. The van der Waals surface area contributed by atoms with Crippen LogP contribution in [0.15, 0.2) is 12.4 Å². The molecule has 2 rings (SSSR count). The molecular formula is C11H17N5. The second-order valence-corrected chi connectivity index (χ2v) is 4.23. The van der Waals surface area contributed by atoms with Gasteiger partial charge in [0.2, 0.25) is 0 Å². The predicted octanol–water partition coefficient (Wildman–Crippen LogP) is 0.973. The number of nitrogens with zero attached hydrogens (tertiary/aromatic N) is 4. The second-order valence-electron chi connectivity index (χ2n) is 4.23. The van der Waals surface area contributed by atoms with Gasteiger partial charge in [0.25, 0.3) is 0 Å². The molecule has 0 unspecified atom stereocenters. The first-order valence-electron chi connectivity index (χ1n) is 5.56. The molecule has 0 saturated heterocycles. The third kappa shape index (κ3) is 2.36. The molecule has 0 atom stereocenters. The van der Waals surface area contributed by atoms with Crippen LogP contribution in [0.4, 0.5) is 0 Å². The first-order valence-corrected chi connectivity index (χ1v) is 5.56. The summed E-state index contributed by atoms with van der Waals surface area (Å²) in [6, 6.07) is 2.44. The molecular weight excluding hydrogens is 202 g/mol. The number of rotatable bonds is 4. The van der Waals surface area contributed by atoms with E-state index >= 15 is 0 Å². The fourth-order valence-electron chi connectivity index (χ4n) is 1.58. The summed E-state index contributed by atoms with van der Waals surface area (Å²) < 4.78 is 1.94. The Bertz CT molecular complexity index is 474. The van der Waals surface area contributed by atoms with E-state index in [1.807, 2.05) is 17.4 Å². The van der Waals surface area contributed by atoms with Gasteiger partial charge in [0.15, 0.2) is 5.65 Å². The van der Waals surface area contributed by atoms with Gasteiger partial charge < -0.3 is 5.32 Å². The van der Waals surface area contributed by atoms with E-state index in [1.165, 1.54) is 0 Å². The van der Waals surface area contributed by atoms with Gasteiger partial charge in [-0.05, 0) is 6.92 Å². The van der Waals surface area contributed by atoms with Crippen molar-refractivity contribution in [3.8, 4) is 0 Å². The summed E-state index contributed by atoms with van der Waals surface area (Å²) in [6.45, 7) is 7.13. The fraction of sp³-hybridized carbons (Fsp3) is 0.545. The Morgan fingerprint density at radius 1 is 1.38 bits per heavy atom. The zero-order valence-corrected chi connectivity index (χ0v) is 9.94. The monoisotopic (exact) mass is 219 g/mol. The number of fused-ring (bicyclic) bond motifs is 1. The standard InChI is InChI=1S/C11H17N5/c1-8(2)12-5-4-10-14-15-11-6-9(3)13-7-16(10)11/h6-8,12H,4-5H2,1-3H3. The van der Waals surface area contributed by atoms with E-state index in [4.69, 9.17) is 0 Å². The molecule has 0 fully saturated rings. The SMILES string of the molecule is Cc1cc2nnc(CCNC(C)C)n2cn1. The number of aromatic nitrogens is 4. The summed E-state index contributed by atoms with van der Waals surface area (Å²) in [7, 11) is 0. The van der Waals surface area contributed by atoms with Crippen LogP contribution in [-0.2, 0) is 6.42 Å². The highest BCUT2D eigenvalue weighted by molar-refractivity contribution is 5.37. The van der Waals surface area contributed by atoms with Crippen molar-refractivity contribution in [3.63, 3.8) is 0 Å². The maximum absolute atomic E-state index is 4.25. The third-order valence-corrected chi connectivity index (χ3v) is 2.41. The van der Waals surface area contributed by atoms with Crippen molar-refractivity contribution in [1.82, 2.24) is 24.9 Å². The molecule has 1 N–H and O–H groups in total. The third-order valence-electron chi connectivity index (χ3n) is 2.41. The van der Waals surface area contributed by atoms with E-state index in [9.17, 15) is 0 Å². The lowest BCUT2D eigenvalue weighted by Gasteiger charge is -2.06. The van der Waals surface area contributed by atoms with Crippen LogP contribution in [0.1, 0.15) is 25.4 Å². The summed E-state index contributed by atoms with van der Waals surface area (Å²) in [5, 5.41) is 11.6. The van der Waals surface area contributed by atoms with Gasteiger partial charge in [-0.2, -0.15) is 0 Å². The van der Waals surface area contributed by atoms with Gasteiger partial charge in [0, 0.05) is 30.8 Å². The van der Waals surface area contributed by atoms with Crippen molar-refractivity contribution < 1.29 is 0 Å². The molecule has 2 aromatic heterocycles. The minimum absolute atomic E-state index is 0.500. The Kier molecular flexibility index (Phi) is 3.14. The number of hydrogen-bond donors (Lipinski definition) is 1. The molecule has 2 heterocycles. The Hall–Kier alpha value is -1.49. The van der Waals surface area contributed by atoms with Crippen LogP contribution < -0.4 is 5.32 Å². The first kappa shape index (κ1) is 11.0. The average Bonchev–Trinajstić information content (AvgIpc) is 2.60. The quantitative estimate of drug-likeness (QED) is 0.832. The fourth-order valence-corrected chi connectivity index (χ4v) is 1.58. The average molecular weight is 219 g/mol. The summed E-state index contributed by atoms with van der Waals surface area (Å²) in [4.78, 5) is 4.25. The normalized spacial score (nSPS) is 11.5. The van der Waals surface area contributed by atoms with Crippen molar-refractivity contribution in [2.45, 2.75) is 33.2 Å². The molecule has 0 aliphatic heterocycles. The molecule has 0 amide bonds. The topological polar surface area (TPSA) is 55.1 Å². The zero-order chi connectivity index (χ0) is 11.5. The number of aryl methyl sites for hydroxylation is 1. The largest absolute Gasteiger partial charge is 0.314 e. The van der Waals surface area contributed by atoms with E-state index < -0.39 is 0 Å². The number of nitrogens with one attached hydrogen (secondary N) is 1. The lowest BCUT2D eigenvalue weighted by atomic mass is 10.3. The first-order chi connectivity index (χ1) is 7.66. The van der Waals surface area contributed by atoms with Crippen LogP contribution in [0.2, 0.25) is 0 Å². The molecule has 86 valence electrons. The molecule has 5 heteroatoms. The predicted molar refractivity (Wildman–Crippen MR) is 62.4 cm³/mol. The Balaban J connectivity index is 2.13. The maximum Gasteiger partial charge on any atom is 0.163 e. The van der Waals surface area contributed by atoms with Gasteiger partial charge in [0.1, 0.15) is 12.2 Å². The van der Waals surface area contributed by atoms with E-state index in [0.29, 0.717) is 6.04 Å². The molecule has 0 spiro atoms. The van der Waals surface area contributed by atoms with E-state index in [0.717, 1.165) is 30.1 Å². The minimum atomic E-state index is 0.500. The molecule has 0 saturated carbocycles. The van der Waals surface area contributed by atoms with Crippen LogP contribution in [0.5, 0.6) is 0 Å². The smallest absolute Gasteiger partial charge is 0.163 e. The van der Waals surface area contributed by atoms with Gasteiger partial charge >= 0.3 is 0 Å². The highest BCUT2D eigenvalue weighted by Crippen LogP contribution is 2.04. The van der Waals surface area contributed by atoms with Crippen LogP contribution in [0, 0.1) is 6.92 Å². The lowest BCUT2D eigenvalue weighted by Crippen LogP contribution is -2.25. The van der Waals surface area contributed by atoms with Crippen molar-refractivity contribution >= 4 is 5.65 Å². The molecule has 0 bridgehead atoms. The van der Waals surface area contributed by atoms with Gasteiger partial charge in [-0.1, -0.05) is 13.8 Å². The van der Waals surface area contributed by atoms with Crippen molar-refractivity contribution in [1.29, 1.82) is 0 Å². The second kappa shape index (κ2) is 4.57. The van der Waals surface area contributed by atoms with Gasteiger partial charge in [0.05, 0.1) is 0 Å². The molecule has 5 nitrogen and oxygen atoms in total. The van der Waals surface area contributed by atoms with Crippen LogP contribution in [-0.4, -0.2) is 32.2 Å². The molecule has 2 aromatic rings. The van der Waals surface area contributed by atoms with Gasteiger partial charge in [-0.15, -0.1) is 10.2 Å². The lowest BCUT2D eigenvalue weighted by molar-refractivity contribution is 0.581. The molecule has 0 aliphatic rings. The van der Waals surface area contributed by atoms with Crippen LogP contribution >= 0.6 is 0 Å². The van der Waals surface area contributed by atoms with E-state index in [-0.39, 0.29) is 0 Å². The Labute approximate surface area is 94.9 Å². The summed E-state index contributed by atoms with van der Waals surface area (Å²) in [5.41, 5.74) is 1.83. The van der Waals surface area contributed by atoms with Crippen molar-refractivity contribution in [2.75, 3.05) is 6.54 Å². The molecule has 16 heavy (non-hydrogen) atoms. The van der Waals surface area contributed by atoms with Crippen molar-refractivity contribution in [3.05, 3.63) is 23.9 Å².